The van der Waals surface area contributed by atoms with E-state index < -0.39 is 0 Å². The van der Waals surface area contributed by atoms with E-state index in [1.807, 2.05) is 11.7 Å². The lowest BCUT2D eigenvalue weighted by molar-refractivity contribution is 0.253. The van der Waals surface area contributed by atoms with Crippen molar-refractivity contribution in [1.29, 1.82) is 0 Å². The van der Waals surface area contributed by atoms with Gasteiger partial charge in [0.2, 0.25) is 0 Å². The third-order valence-corrected chi connectivity index (χ3v) is 4.70. The van der Waals surface area contributed by atoms with Crippen LogP contribution < -0.4 is 5.73 Å². The number of fused-ring (bicyclic) bond motifs is 1. The van der Waals surface area contributed by atoms with E-state index in [-0.39, 0.29) is 5.41 Å². The van der Waals surface area contributed by atoms with Gasteiger partial charge in [-0.25, -0.2) is 0 Å². The Bertz CT molecular complexity index is 564. The number of hydrogen-bond acceptors (Lipinski definition) is 2. The van der Waals surface area contributed by atoms with E-state index in [2.05, 4.69) is 39.2 Å². The summed E-state index contributed by atoms with van der Waals surface area (Å²) in [4.78, 5) is 0. The Balaban J connectivity index is 2.16. The summed E-state index contributed by atoms with van der Waals surface area (Å²) in [5.41, 5.74) is 8.71. The highest BCUT2D eigenvalue weighted by molar-refractivity contribution is 9.10. The second kappa shape index (κ2) is 3.82. The number of hydrogen-bond donors (Lipinski definition) is 1. The van der Waals surface area contributed by atoms with Crippen LogP contribution in [-0.4, -0.2) is 16.3 Å². The zero-order valence-electron chi connectivity index (χ0n) is 9.91. The lowest BCUT2D eigenvalue weighted by Gasteiger charge is -2.41. The number of aromatic nitrogens is 2. The summed E-state index contributed by atoms with van der Waals surface area (Å²) in [7, 11) is 1.97. The van der Waals surface area contributed by atoms with E-state index in [0.29, 0.717) is 0 Å². The van der Waals surface area contributed by atoms with Gasteiger partial charge in [-0.1, -0.05) is 12.5 Å². The number of nitrogens with zero attached hydrogens (tertiary/aromatic N) is 2. The molecule has 1 saturated carbocycles. The van der Waals surface area contributed by atoms with E-state index in [1.54, 1.807) is 0 Å². The predicted molar refractivity (Wildman–Crippen MR) is 73.0 cm³/mol. The summed E-state index contributed by atoms with van der Waals surface area (Å²) in [6.45, 7) is 0.746. The number of rotatable bonds is 2. The zero-order valence-corrected chi connectivity index (χ0v) is 11.5. The summed E-state index contributed by atoms with van der Waals surface area (Å²) in [5, 5.41) is 5.57. The molecule has 90 valence electrons. The molecule has 0 spiro atoms. The third-order valence-electron chi connectivity index (χ3n) is 4.12. The standard InChI is InChI=1S/C13H16BrN3/c1-17-11-4-3-9(7-10(11)12(14)16-17)13(8-15)5-2-6-13/h3-4,7H,2,5-6,8,15H2,1H3. The first-order valence-corrected chi connectivity index (χ1v) is 6.78. The zero-order chi connectivity index (χ0) is 12.0. The smallest absolute Gasteiger partial charge is 0.135 e. The predicted octanol–water partition coefficient (Wildman–Crippen LogP) is 2.72. The normalized spacial score (nSPS) is 18.3. The van der Waals surface area contributed by atoms with Crippen molar-refractivity contribution >= 4 is 26.8 Å². The van der Waals surface area contributed by atoms with Crippen molar-refractivity contribution in [2.45, 2.75) is 24.7 Å². The average Bonchev–Trinajstić information content (AvgIpc) is 2.54. The molecule has 0 saturated heterocycles. The first-order chi connectivity index (χ1) is 8.16. The van der Waals surface area contributed by atoms with Gasteiger partial charge in [0, 0.05) is 24.4 Å². The summed E-state index contributed by atoms with van der Waals surface area (Å²) in [5.74, 6) is 0. The van der Waals surface area contributed by atoms with Gasteiger partial charge in [-0.05, 0) is 46.5 Å². The van der Waals surface area contributed by atoms with Gasteiger partial charge in [0.05, 0.1) is 5.52 Å². The van der Waals surface area contributed by atoms with Crippen molar-refractivity contribution in [2.24, 2.45) is 12.8 Å². The number of nitrogens with two attached hydrogens (primary N) is 1. The monoisotopic (exact) mass is 293 g/mol. The van der Waals surface area contributed by atoms with Gasteiger partial charge in [0.15, 0.2) is 0 Å². The second-order valence-corrected chi connectivity index (χ2v) is 5.74. The van der Waals surface area contributed by atoms with Gasteiger partial charge < -0.3 is 5.73 Å². The van der Waals surface area contributed by atoms with Crippen LogP contribution in [-0.2, 0) is 12.5 Å². The van der Waals surface area contributed by atoms with Crippen molar-refractivity contribution in [2.75, 3.05) is 6.54 Å². The molecule has 1 aliphatic carbocycles. The van der Waals surface area contributed by atoms with Crippen LogP contribution in [0.5, 0.6) is 0 Å². The molecule has 0 amide bonds. The van der Waals surface area contributed by atoms with Crippen LogP contribution in [0.2, 0.25) is 0 Å². The molecule has 2 aromatic rings. The Hall–Kier alpha value is -0.870. The summed E-state index contributed by atoms with van der Waals surface area (Å²) in [6, 6.07) is 6.61. The van der Waals surface area contributed by atoms with Gasteiger partial charge in [0.25, 0.3) is 0 Å². The van der Waals surface area contributed by atoms with Crippen molar-refractivity contribution in [1.82, 2.24) is 9.78 Å². The van der Waals surface area contributed by atoms with E-state index in [9.17, 15) is 0 Å². The molecule has 3 nitrogen and oxygen atoms in total. The maximum atomic E-state index is 5.96. The fraction of sp³-hybridized carbons (Fsp3) is 0.462. The van der Waals surface area contributed by atoms with Crippen molar-refractivity contribution < 1.29 is 0 Å². The molecule has 1 aromatic carbocycles. The second-order valence-electron chi connectivity index (χ2n) is 4.98. The molecule has 4 heteroatoms. The molecular formula is C13H16BrN3. The van der Waals surface area contributed by atoms with Gasteiger partial charge in [-0.3, -0.25) is 4.68 Å². The molecule has 0 radical (unpaired) electrons. The lowest BCUT2D eigenvalue weighted by atomic mass is 9.64. The first-order valence-electron chi connectivity index (χ1n) is 5.99. The summed E-state index contributed by atoms with van der Waals surface area (Å²) < 4.78 is 2.82. The number of halogens is 1. The minimum atomic E-state index is 0.226. The maximum Gasteiger partial charge on any atom is 0.135 e. The first kappa shape index (κ1) is 11.2. The minimum absolute atomic E-state index is 0.226. The van der Waals surface area contributed by atoms with Crippen LogP contribution in [0, 0.1) is 0 Å². The number of aryl methyl sites for hydroxylation is 1. The molecule has 0 atom stereocenters. The fourth-order valence-electron chi connectivity index (χ4n) is 2.77. The highest BCUT2D eigenvalue weighted by Gasteiger charge is 2.37. The topological polar surface area (TPSA) is 43.8 Å². The SMILES string of the molecule is Cn1nc(Br)c2cc(C3(CN)CCC3)ccc21. The van der Waals surface area contributed by atoms with Crippen molar-refractivity contribution in [3.63, 3.8) is 0 Å². The lowest BCUT2D eigenvalue weighted by Crippen LogP contribution is -2.41. The van der Waals surface area contributed by atoms with E-state index in [0.717, 1.165) is 16.7 Å². The Morgan fingerprint density at radius 3 is 2.82 bits per heavy atom. The molecule has 17 heavy (non-hydrogen) atoms. The molecule has 1 heterocycles. The van der Waals surface area contributed by atoms with Crippen LogP contribution in [0.3, 0.4) is 0 Å². The van der Waals surface area contributed by atoms with Crippen LogP contribution in [0.25, 0.3) is 10.9 Å². The Labute approximate surface area is 109 Å². The Kier molecular flexibility index (Phi) is 2.52. The molecule has 2 N–H and O–H groups in total. The molecular weight excluding hydrogens is 278 g/mol. The summed E-state index contributed by atoms with van der Waals surface area (Å²) in [6.07, 6.45) is 3.73. The third kappa shape index (κ3) is 1.54. The largest absolute Gasteiger partial charge is 0.330 e. The minimum Gasteiger partial charge on any atom is -0.330 e. The summed E-state index contributed by atoms with van der Waals surface area (Å²) >= 11 is 3.52. The van der Waals surface area contributed by atoms with Gasteiger partial charge in [0.1, 0.15) is 4.60 Å². The van der Waals surface area contributed by atoms with Gasteiger partial charge in [-0.2, -0.15) is 5.10 Å². The molecule has 1 aliphatic rings. The quantitative estimate of drug-likeness (QED) is 0.925. The van der Waals surface area contributed by atoms with Crippen LogP contribution >= 0.6 is 15.9 Å². The maximum absolute atomic E-state index is 5.96. The van der Waals surface area contributed by atoms with Crippen LogP contribution in [0.15, 0.2) is 22.8 Å². The van der Waals surface area contributed by atoms with E-state index in [4.69, 9.17) is 5.73 Å². The van der Waals surface area contributed by atoms with Crippen LogP contribution in [0.1, 0.15) is 24.8 Å². The number of benzene rings is 1. The molecule has 0 unspecified atom stereocenters. The molecule has 1 aromatic heterocycles. The highest BCUT2D eigenvalue weighted by Crippen LogP contribution is 2.43. The molecule has 0 bridgehead atoms. The van der Waals surface area contributed by atoms with Crippen LogP contribution in [0.4, 0.5) is 0 Å². The highest BCUT2D eigenvalue weighted by atomic mass is 79.9. The average molecular weight is 294 g/mol. The van der Waals surface area contributed by atoms with E-state index >= 15 is 0 Å². The van der Waals surface area contributed by atoms with Crippen molar-refractivity contribution in [3.8, 4) is 0 Å². The Morgan fingerprint density at radius 1 is 1.47 bits per heavy atom. The fourth-order valence-corrected chi connectivity index (χ4v) is 3.32. The van der Waals surface area contributed by atoms with Crippen molar-refractivity contribution in [3.05, 3.63) is 28.4 Å². The Morgan fingerprint density at radius 2 is 2.24 bits per heavy atom. The molecule has 1 fully saturated rings. The van der Waals surface area contributed by atoms with Gasteiger partial charge >= 0.3 is 0 Å². The van der Waals surface area contributed by atoms with Gasteiger partial charge in [-0.15, -0.1) is 0 Å². The molecule has 3 rings (SSSR count). The van der Waals surface area contributed by atoms with E-state index in [1.165, 1.54) is 30.2 Å². The molecule has 0 aliphatic heterocycles.